The molecule has 0 radical (unpaired) electrons. The quantitative estimate of drug-likeness (QED) is 0.360. The summed E-state index contributed by atoms with van der Waals surface area (Å²) in [4.78, 5) is 0. The van der Waals surface area contributed by atoms with E-state index in [0.717, 1.165) is 34.0 Å². The highest BCUT2D eigenvalue weighted by Crippen LogP contribution is 2.42. The summed E-state index contributed by atoms with van der Waals surface area (Å²) >= 11 is 0. The van der Waals surface area contributed by atoms with Crippen LogP contribution in [0.1, 0.15) is 51.7 Å². The number of hydroxylamine groups is 2. The summed E-state index contributed by atoms with van der Waals surface area (Å²) in [5.74, 6) is 0.527. The molecule has 4 heteroatoms. The SMILES string of the molecule is CPc1ccc(-c2cc(CC3CC(C)(C)N(O)C(C)(C)C3)cc(-c3ccc(CP)cc3)c2)cc1. The van der Waals surface area contributed by atoms with Crippen LogP contribution in [0.5, 0.6) is 0 Å². The van der Waals surface area contributed by atoms with E-state index in [-0.39, 0.29) is 11.1 Å². The lowest BCUT2D eigenvalue weighted by molar-refractivity contribution is -0.250. The summed E-state index contributed by atoms with van der Waals surface area (Å²) in [6.07, 6.45) is 3.98. The largest absolute Gasteiger partial charge is 0.313 e. The molecule has 1 heterocycles. The van der Waals surface area contributed by atoms with Crippen molar-refractivity contribution in [2.24, 2.45) is 5.92 Å². The van der Waals surface area contributed by atoms with Gasteiger partial charge in [0.15, 0.2) is 0 Å². The highest BCUT2D eigenvalue weighted by molar-refractivity contribution is 7.46. The van der Waals surface area contributed by atoms with Gasteiger partial charge in [0.1, 0.15) is 0 Å². The Labute approximate surface area is 210 Å². The lowest BCUT2D eigenvalue weighted by Gasteiger charge is -2.51. The van der Waals surface area contributed by atoms with Gasteiger partial charge in [-0.15, -0.1) is 9.24 Å². The predicted octanol–water partition coefficient (Wildman–Crippen LogP) is 7.53. The van der Waals surface area contributed by atoms with E-state index in [2.05, 4.69) is 110 Å². The van der Waals surface area contributed by atoms with Gasteiger partial charge in [-0.3, -0.25) is 0 Å². The summed E-state index contributed by atoms with van der Waals surface area (Å²) in [5.41, 5.74) is 7.37. The van der Waals surface area contributed by atoms with Crippen molar-refractivity contribution in [3.8, 4) is 22.3 Å². The molecular weight excluding hydrogens is 452 g/mol. The molecule has 180 valence electrons. The smallest absolute Gasteiger partial charge is 0.0413 e. The Morgan fingerprint density at radius 3 is 1.76 bits per heavy atom. The summed E-state index contributed by atoms with van der Waals surface area (Å²) < 4.78 is 0. The Morgan fingerprint density at radius 2 is 1.29 bits per heavy atom. The molecule has 2 atom stereocenters. The summed E-state index contributed by atoms with van der Waals surface area (Å²) in [5, 5.41) is 13.7. The molecule has 3 aromatic rings. The van der Waals surface area contributed by atoms with Gasteiger partial charge in [-0.25, -0.2) is 0 Å². The van der Waals surface area contributed by atoms with Crippen molar-refractivity contribution in [1.82, 2.24) is 5.06 Å². The van der Waals surface area contributed by atoms with Crippen molar-refractivity contribution in [2.75, 3.05) is 6.66 Å². The normalized spacial score (nSPS) is 18.6. The van der Waals surface area contributed by atoms with E-state index in [1.807, 2.05) is 0 Å². The Bertz CT molecular complexity index is 1040. The van der Waals surface area contributed by atoms with E-state index in [1.54, 1.807) is 5.06 Å². The fraction of sp³-hybridized carbons (Fsp3) is 0.400. The Morgan fingerprint density at radius 1 is 0.794 bits per heavy atom. The van der Waals surface area contributed by atoms with E-state index in [1.165, 1.54) is 38.7 Å². The molecule has 4 rings (SSSR count). The lowest BCUT2D eigenvalue weighted by Crippen LogP contribution is -2.59. The van der Waals surface area contributed by atoms with Crippen LogP contribution in [0.4, 0.5) is 0 Å². The third kappa shape index (κ3) is 5.63. The van der Waals surface area contributed by atoms with Gasteiger partial charge in [0.05, 0.1) is 0 Å². The van der Waals surface area contributed by atoms with Gasteiger partial charge in [-0.05, 0) is 110 Å². The first-order chi connectivity index (χ1) is 16.1. The van der Waals surface area contributed by atoms with Crippen LogP contribution in [0.3, 0.4) is 0 Å². The average molecular weight is 492 g/mol. The molecule has 1 saturated heterocycles. The molecular formula is C30H39NOP2. The fourth-order valence-corrected chi connectivity index (χ4v) is 6.53. The second-order valence-corrected chi connectivity index (χ2v) is 12.5. The van der Waals surface area contributed by atoms with Crippen LogP contribution in [0, 0.1) is 5.92 Å². The van der Waals surface area contributed by atoms with Crippen molar-refractivity contribution in [2.45, 2.75) is 64.2 Å². The third-order valence-corrected chi connectivity index (χ3v) is 8.65. The van der Waals surface area contributed by atoms with Gasteiger partial charge in [-0.1, -0.05) is 69.2 Å². The Balaban J connectivity index is 1.72. The predicted molar refractivity (Wildman–Crippen MR) is 153 cm³/mol. The van der Waals surface area contributed by atoms with Crippen molar-refractivity contribution in [3.63, 3.8) is 0 Å². The van der Waals surface area contributed by atoms with Gasteiger partial charge in [0.25, 0.3) is 0 Å². The molecule has 0 aromatic heterocycles. The standard InChI is InChI=1S/C30H39NOP2/c1-29(2)18-23(19-30(3,4)31(29)32)14-22-15-26(24-8-6-21(20-33)7-9-24)17-27(16-22)25-10-12-28(34-5)13-11-25/h6-13,15-17,23,32,34H,14,18-20,33H2,1-5H3. The summed E-state index contributed by atoms with van der Waals surface area (Å²) in [6, 6.07) is 25.1. The van der Waals surface area contributed by atoms with E-state index in [0.29, 0.717) is 5.92 Å². The zero-order chi connectivity index (χ0) is 24.5. The number of rotatable bonds is 6. The van der Waals surface area contributed by atoms with Crippen molar-refractivity contribution in [1.29, 1.82) is 0 Å². The van der Waals surface area contributed by atoms with Crippen LogP contribution in [-0.4, -0.2) is 28.0 Å². The molecule has 2 nitrogen and oxygen atoms in total. The monoisotopic (exact) mass is 491 g/mol. The molecule has 2 unspecified atom stereocenters. The molecule has 1 aliphatic heterocycles. The van der Waals surface area contributed by atoms with Crippen LogP contribution in [0.2, 0.25) is 0 Å². The minimum absolute atomic E-state index is 0.225. The lowest BCUT2D eigenvalue weighted by atomic mass is 9.73. The van der Waals surface area contributed by atoms with Crippen LogP contribution >= 0.6 is 17.8 Å². The molecule has 0 spiro atoms. The molecule has 1 fully saturated rings. The first-order valence-electron chi connectivity index (χ1n) is 12.3. The number of piperidine rings is 1. The van der Waals surface area contributed by atoms with Gasteiger partial charge in [0.2, 0.25) is 0 Å². The van der Waals surface area contributed by atoms with E-state index >= 15 is 0 Å². The van der Waals surface area contributed by atoms with Crippen LogP contribution in [-0.2, 0) is 12.6 Å². The van der Waals surface area contributed by atoms with E-state index < -0.39 is 0 Å². The van der Waals surface area contributed by atoms with Gasteiger partial charge in [0, 0.05) is 11.1 Å². The topological polar surface area (TPSA) is 23.5 Å². The number of nitrogens with zero attached hydrogens (tertiary/aromatic N) is 1. The first-order valence-corrected chi connectivity index (χ1v) is 14.6. The highest BCUT2D eigenvalue weighted by Gasteiger charge is 2.44. The fourth-order valence-electron chi connectivity index (χ4n) is 5.76. The van der Waals surface area contributed by atoms with Crippen molar-refractivity contribution < 1.29 is 5.21 Å². The van der Waals surface area contributed by atoms with E-state index in [9.17, 15) is 5.21 Å². The number of hydrogen-bond donors (Lipinski definition) is 1. The molecule has 0 saturated carbocycles. The third-order valence-electron chi connectivity index (χ3n) is 7.27. The maximum absolute atomic E-state index is 10.8. The van der Waals surface area contributed by atoms with Crippen molar-refractivity contribution in [3.05, 3.63) is 77.9 Å². The average Bonchev–Trinajstić information content (AvgIpc) is 2.82. The van der Waals surface area contributed by atoms with Gasteiger partial charge in [-0.2, -0.15) is 5.06 Å². The van der Waals surface area contributed by atoms with Crippen LogP contribution in [0.25, 0.3) is 22.3 Å². The Kier molecular flexibility index (Phi) is 7.66. The zero-order valence-electron chi connectivity index (χ0n) is 21.2. The van der Waals surface area contributed by atoms with Crippen LogP contribution in [0.15, 0.2) is 66.7 Å². The minimum Gasteiger partial charge on any atom is -0.313 e. The molecule has 3 aromatic carbocycles. The first kappa shape index (κ1) is 25.5. The maximum Gasteiger partial charge on any atom is 0.0413 e. The molecule has 0 amide bonds. The molecule has 0 bridgehead atoms. The number of hydrogen-bond acceptors (Lipinski definition) is 2. The number of benzene rings is 3. The minimum atomic E-state index is -0.225. The second kappa shape index (κ2) is 10.2. The summed E-state index contributed by atoms with van der Waals surface area (Å²) in [7, 11) is 3.63. The maximum atomic E-state index is 10.8. The molecule has 1 aliphatic rings. The highest BCUT2D eigenvalue weighted by atomic mass is 31.1. The zero-order valence-corrected chi connectivity index (χ0v) is 23.4. The molecule has 34 heavy (non-hydrogen) atoms. The molecule has 1 N–H and O–H groups in total. The van der Waals surface area contributed by atoms with Gasteiger partial charge < -0.3 is 5.21 Å². The van der Waals surface area contributed by atoms with Gasteiger partial charge >= 0.3 is 0 Å². The second-order valence-electron chi connectivity index (χ2n) is 11.1. The van der Waals surface area contributed by atoms with Crippen LogP contribution < -0.4 is 5.30 Å². The van der Waals surface area contributed by atoms with E-state index in [4.69, 9.17) is 0 Å². The molecule has 0 aliphatic carbocycles. The Hall–Kier alpha value is -1.56. The summed E-state index contributed by atoms with van der Waals surface area (Å²) in [6.45, 7) is 10.9. The van der Waals surface area contributed by atoms with Crippen molar-refractivity contribution >= 4 is 23.1 Å².